The monoisotopic (exact) mass is 236 g/mol. The maximum Gasteiger partial charge on any atom is 0.166 e. The maximum atomic E-state index is 6.18. The normalized spacial score (nSPS) is 15.6. The van der Waals surface area contributed by atoms with Gasteiger partial charge in [-0.1, -0.05) is 18.6 Å². The number of ether oxygens (including phenoxy) is 2. The molecule has 1 heterocycles. The van der Waals surface area contributed by atoms with E-state index in [9.17, 15) is 0 Å². The van der Waals surface area contributed by atoms with Gasteiger partial charge in [-0.2, -0.15) is 0 Å². The number of benzene rings is 1. The second-order valence-corrected chi connectivity index (χ2v) is 4.26. The minimum absolute atomic E-state index is 0.00167. The Bertz CT molecular complexity index is 368. The number of hydrogen-bond acceptors (Lipinski definition) is 4. The SMILES string of the molecule is NCCCC[C@@H](N)c1cccc2c1OCCO2. The molecule has 2 rings (SSSR count). The lowest BCUT2D eigenvalue weighted by molar-refractivity contribution is 0.169. The fourth-order valence-corrected chi connectivity index (χ4v) is 2.05. The van der Waals surface area contributed by atoms with Gasteiger partial charge in [0.1, 0.15) is 13.2 Å². The molecule has 1 aliphatic rings. The van der Waals surface area contributed by atoms with E-state index in [1.54, 1.807) is 0 Å². The Morgan fingerprint density at radius 2 is 2.00 bits per heavy atom. The molecule has 17 heavy (non-hydrogen) atoms. The van der Waals surface area contributed by atoms with E-state index in [1.807, 2.05) is 18.2 Å². The van der Waals surface area contributed by atoms with Gasteiger partial charge in [0.25, 0.3) is 0 Å². The molecule has 0 saturated carbocycles. The highest BCUT2D eigenvalue weighted by Gasteiger charge is 2.19. The van der Waals surface area contributed by atoms with Crippen molar-refractivity contribution in [2.75, 3.05) is 19.8 Å². The zero-order valence-electron chi connectivity index (χ0n) is 10.0. The van der Waals surface area contributed by atoms with Crippen molar-refractivity contribution in [3.63, 3.8) is 0 Å². The van der Waals surface area contributed by atoms with Gasteiger partial charge in [0.15, 0.2) is 11.5 Å². The van der Waals surface area contributed by atoms with Crippen LogP contribution in [-0.2, 0) is 0 Å². The number of para-hydroxylation sites is 1. The van der Waals surface area contributed by atoms with Gasteiger partial charge in [0.2, 0.25) is 0 Å². The molecule has 1 aromatic rings. The first-order chi connectivity index (χ1) is 8.33. The highest BCUT2D eigenvalue weighted by Crippen LogP contribution is 2.37. The van der Waals surface area contributed by atoms with Gasteiger partial charge >= 0.3 is 0 Å². The molecule has 0 saturated heterocycles. The molecular formula is C13H20N2O2. The topological polar surface area (TPSA) is 70.5 Å². The molecule has 0 unspecified atom stereocenters. The summed E-state index contributed by atoms with van der Waals surface area (Å²) < 4.78 is 11.2. The van der Waals surface area contributed by atoms with Crippen LogP contribution in [0, 0.1) is 0 Å². The molecule has 0 spiro atoms. The largest absolute Gasteiger partial charge is 0.486 e. The lowest BCUT2D eigenvalue weighted by Gasteiger charge is -2.23. The fraction of sp³-hybridized carbons (Fsp3) is 0.538. The summed E-state index contributed by atoms with van der Waals surface area (Å²) in [5.41, 5.74) is 12.7. The molecule has 0 radical (unpaired) electrons. The highest BCUT2D eigenvalue weighted by molar-refractivity contribution is 5.48. The second-order valence-electron chi connectivity index (χ2n) is 4.26. The van der Waals surface area contributed by atoms with E-state index in [2.05, 4.69) is 0 Å². The molecule has 4 nitrogen and oxygen atoms in total. The van der Waals surface area contributed by atoms with E-state index in [0.29, 0.717) is 13.2 Å². The van der Waals surface area contributed by atoms with Gasteiger partial charge in [0.05, 0.1) is 0 Å². The van der Waals surface area contributed by atoms with Crippen molar-refractivity contribution >= 4 is 0 Å². The molecule has 0 fully saturated rings. The van der Waals surface area contributed by atoms with E-state index in [1.165, 1.54) is 0 Å². The molecule has 0 bridgehead atoms. The van der Waals surface area contributed by atoms with E-state index in [-0.39, 0.29) is 6.04 Å². The van der Waals surface area contributed by atoms with Crippen LogP contribution in [0.1, 0.15) is 30.9 Å². The van der Waals surface area contributed by atoms with Crippen LogP contribution < -0.4 is 20.9 Å². The number of fused-ring (bicyclic) bond motifs is 1. The Hall–Kier alpha value is -1.26. The average molecular weight is 236 g/mol. The van der Waals surface area contributed by atoms with Gasteiger partial charge in [-0.3, -0.25) is 0 Å². The zero-order chi connectivity index (χ0) is 12.1. The standard InChI is InChI=1S/C13H20N2O2/c14-7-2-1-5-11(15)10-4-3-6-12-13(10)17-9-8-16-12/h3-4,6,11H,1-2,5,7-9,14-15H2/t11-/m1/s1. The summed E-state index contributed by atoms with van der Waals surface area (Å²) >= 11 is 0. The molecular weight excluding hydrogens is 216 g/mol. The van der Waals surface area contributed by atoms with Crippen LogP contribution in [0.3, 0.4) is 0 Å². The summed E-state index contributed by atoms with van der Waals surface area (Å²) in [5, 5.41) is 0. The predicted molar refractivity (Wildman–Crippen MR) is 67.3 cm³/mol. The summed E-state index contributed by atoms with van der Waals surface area (Å²) in [4.78, 5) is 0. The summed E-state index contributed by atoms with van der Waals surface area (Å²) in [5.74, 6) is 1.63. The molecule has 0 amide bonds. The fourth-order valence-electron chi connectivity index (χ4n) is 2.05. The summed E-state index contributed by atoms with van der Waals surface area (Å²) in [6, 6.07) is 5.90. The molecule has 1 atom stereocenters. The Morgan fingerprint density at radius 1 is 1.18 bits per heavy atom. The lowest BCUT2D eigenvalue weighted by Crippen LogP contribution is -2.19. The van der Waals surface area contributed by atoms with Crippen molar-refractivity contribution in [2.45, 2.75) is 25.3 Å². The summed E-state index contributed by atoms with van der Waals surface area (Å²) in [6.07, 6.45) is 2.99. The van der Waals surface area contributed by atoms with Crippen molar-refractivity contribution < 1.29 is 9.47 Å². The van der Waals surface area contributed by atoms with Gasteiger partial charge in [0, 0.05) is 11.6 Å². The quantitative estimate of drug-likeness (QED) is 0.762. The minimum atomic E-state index is -0.00167. The van der Waals surface area contributed by atoms with Gasteiger partial charge < -0.3 is 20.9 Å². The highest BCUT2D eigenvalue weighted by atomic mass is 16.6. The smallest absolute Gasteiger partial charge is 0.166 e. The van der Waals surface area contributed by atoms with E-state index < -0.39 is 0 Å². The molecule has 1 aromatic carbocycles. The third-order valence-corrected chi connectivity index (χ3v) is 2.97. The van der Waals surface area contributed by atoms with Gasteiger partial charge in [-0.15, -0.1) is 0 Å². The average Bonchev–Trinajstić information content (AvgIpc) is 2.38. The van der Waals surface area contributed by atoms with Crippen molar-refractivity contribution in [1.29, 1.82) is 0 Å². The van der Waals surface area contributed by atoms with Crippen LogP contribution in [-0.4, -0.2) is 19.8 Å². The minimum Gasteiger partial charge on any atom is -0.486 e. The van der Waals surface area contributed by atoms with Crippen LogP contribution >= 0.6 is 0 Å². The summed E-state index contributed by atoms with van der Waals surface area (Å²) in [7, 11) is 0. The van der Waals surface area contributed by atoms with Crippen LogP contribution in [0.4, 0.5) is 0 Å². The molecule has 4 N–H and O–H groups in total. The summed E-state index contributed by atoms with van der Waals surface area (Å²) in [6.45, 7) is 1.93. The first kappa shape index (κ1) is 12.2. The number of unbranched alkanes of at least 4 members (excludes halogenated alkanes) is 1. The van der Waals surface area contributed by atoms with Crippen molar-refractivity contribution in [1.82, 2.24) is 0 Å². The lowest BCUT2D eigenvalue weighted by atomic mass is 10.0. The molecule has 4 heteroatoms. The number of hydrogen-bond donors (Lipinski definition) is 2. The first-order valence-corrected chi connectivity index (χ1v) is 6.17. The Labute approximate surface area is 102 Å². The van der Waals surface area contributed by atoms with Crippen LogP contribution in [0.2, 0.25) is 0 Å². The molecule has 0 aliphatic carbocycles. The van der Waals surface area contributed by atoms with Crippen LogP contribution in [0.25, 0.3) is 0 Å². The zero-order valence-corrected chi connectivity index (χ0v) is 10.0. The molecule has 0 aromatic heterocycles. The van der Waals surface area contributed by atoms with Crippen LogP contribution in [0.5, 0.6) is 11.5 Å². The molecule has 94 valence electrons. The Kier molecular flexibility index (Phi) is 4.23. The first-order valence-electron chi connectivity index (χ1n) is 6.17. The third-order valence-electron chi connectivity index (χ3n) is 2.97. The van der Waals surface area contributed by atoms with Gasteiger partial charge in [-0.05, 0) is 25.5 Å². The van der Waals surface area contributed by atoms with Gasteiger partial charge in [-0.25, -0.2) is 0 Å². The third kappa shape index (κ3) is 2.90. The van der Waals surface area contributed by atoms with Crippen molar-refractivity contribution in [2.24, 2.45) is 11.5 Å². The van der Waals surface area contributed by atoms with Crippen LogP contribution in [0.15, 0.2) is 18.2 Å². The second kappa shape index (κ2) is 5.89. The maximum absolute atomic E-state index is 6.18. The van der Waals surface area contributed by atoms with E-state index >= 15 is 0 Å². The number of rotatable bonds is 5. The Morgan fingerprint density at radius 3 is 2.82 bits per heavy atom. The number of nitrogens with two attached hydrogens (primary N) is 2. The van der Waals surface area contributed by atoms with Crippen molar-refractivity contribution in [3.05, 3.63) is 23.8 Å². The predicted octanol–water partition coefficient (Wildman–Crippen LogP) is 1.59. The van der Waals surface area contributed by atoms with Crippen molar-refractivity contribution in [3.8, 4) is 11.5 Å². The van der Waals surface area contributed by atoms with E-state index in [0.717, 1.165) is 42.9 Å². The molecule has 1 aliphatic heterocycles. The Balaban J connectivity index is 2.09. The van der Waals surface area contributed by atoms with E-state index in [4.69, 9.17) is 20.9 Å².